The molecular formula is C10H13NO2. The van der Waals surface area contributed by atoms with Gasteiger partial charge in [0.25, 0.3) is 0 Å². The minimum Gasteiger partial charge on any atom is -0.497 e. The first-order valence-corrected chi connectivity index (χ1v) is 4.11. The summed E-state index contributed by atoms with van der Waals surface area (Å²) in [6.45, 7) is 0.525. The number of ether oxygens (including phenoxy) is 1. The summed E-state index contributed by atoms with van der Waals surface area (Å²) < 4.78 is 5.05. The molecule has 0 spiro atoms. The molecule has 0 saturated heterocycles. The van der Waals surface area contributed by atoms with E-state index in [2.05, 4.69) is 4.99 Å². The Bertz CT molecular complexity index is 284. The Balaban J connectivity index is 2.66. The Morgan fingerprint density at radius 1 is 1.54 bits per heavy atom. The summed E-state index contributed by atoms with van der Waals surface area (Å²) in [5.74, 6) is 0.813. The van der Waals surface area contributed by atoms with Crippen LogP contribution in [0.15, 0.2) is 29.3 Å². The average Bonchev–Trinajstić information content (AvgIpc) is 2.19. The lowest BCUT2D eigenvalue weighted by atomic mass is 10.2. The summed E-state index contributed by atoms with van der Waals surface area (Å²) in [6, 6.07) is 7.60. The zero-order valence-electron chi connectivity index (χ0n) is 7.60. The van der Waals surface area contributed by atoms with Crippen molar-refractivity contribution >= 4 is 6.21 Å². The van der Waals surface area contributed by atoms with E-state index >= 15 is 0 Å². The number of nitrogens with zero attached hydrogens (tertiary/aromatic N) is 1. The van der Waals surface area contributed by atoms with Gasteiger partial charge in [0.15, 0.2) is 0 Å². The van der Waals surface area contributed by atoms with Crippen LogP contribution in [-0.2, 0) is 0 Å². The van der Waals surface area contributed by atoms with Crippen LogP contribution in [0, 0.1) is 0 Å². The lowest BCUT2D eigenvalue weighted by Gasteiger charge is -1.99. The maximum Gasteiger partial charge on any atom is 0.119 e. The van der Waals surface area contributed by atoms with Crippen LogP contribution in [0.5, 0.6) is 5.75 Å². The SMILES string of the molecule is COc1cccc(C=NCCO)c1. The van der Waals surface area contributed by atoms with Gasteiger partial charge in [-0.15, -0.1) is 0 Å². The Morgan fingerprint density at radius 2 is 2.38 bits per heavy atom. The van der Waals surface area contributed by atoms with Crippen molar-refractivity contribution in [1.29, 1.82) is 0 Å². The highest BCUT2D eigenvalue weighted by Gasteiger charge is 1.90. The molecule has 0 heterocycles. The number of rotatable bonds is 4. The highest BCUT2D eigenvalue weighted by atomic mass is 16.5. The smallest absolute Gasteiger partial charge is 0.119 e. The van der Waals surface area contributed by atoms with Gasteiger partial charge in [0.05, 0.1) is 20.3 Å². The number of hydrogen-bond donors (Lipinski definition) is 1. The first-order chi connectivity index (χ1) is 6.36. The van der Waals surface area contributed by atoms with E-state index in [-0.39, 0.29) is 6.61 Å². The van der Waals surface area contributed by atoms with Crippen LogP contribution in [0.2, 0.25) is 0 Å². The van der Waals surface area contributed by atoms with E-state index in [4.69, 9.17) is 9.84 Å². The molecular weight excluding hydrogens is 166 g/mol. The van der Waals surface area contributed by atoms with E-state index in [0.29, 0.717) is 6.54 Å². The average molecular weight is 179 g/mol. The second-order valence-electron chi connectivity index (χ2n) is 2.54. The lowest BCUT2D eigenvalue weighted by Crippen LogP contribution is -1.90. The van der Waals surface area contributed by atoms with Crippen molar-refractivity contribution in [3.05, 3.63) is 29.8 Å². The van der Waals surface area contributed by atoms with Crippen molar-refractivity contribution in [1.82, 2.24) is 0 Å². The van der Waals surface area contributed by atoms with Gasteiger partial charge < -0.3 is 9.84 Å². The molecule has 1 rings (SSSR count). The molecule has 0 aliphatic rings. The van der Waals surface area contributed by atoms with E-state index in [1.807, 2.05) is 24.3 Å². The van der Waals surface area contributed by atoms with E-state index < -0.39 is 0 Å². The third-order valence-electron chi connectivity index (χ3n) is 1.56. The van der Waals surface area contributed by atoms with Crippen LogP contribution < -0.4 is 4.74 Å². The molecule has 0 unspecified atom stereocenters. The molecule has 0 saturated carbocycles. The van der Waals surface area contributed by atoms with Crippen molar-refractivity contribution in [3.63, 3.8) is 0 Å². The standard InChI is InChI=1S/C10H13NO2/c1-13-10-4-2-3-9(7-10)8-11-5-6-12/h2-4,7-8,12H,5-6H2,1H3. The van der Waals surface area contributed by atoms with Gasteiger partial charge in [-0.3, -0.25) is 4.99 Å². The van der Waals surface area contributed by atoms with Crippen LogP contribution in [0.1, 0.15) is 5.56 Å². The van der Waals surface area contributed by atoms with Gasteiger partial charge in [-0.25, -0.2) is 0 Å². The number of aliphatic imine (C=N–C) groups is 1. The van der Waals surface area contributed by atoms with Gasteiger partial charge >= 0.3 is 0 Å². The first kappa shape index (κ1) is 9.74. The fourth-order valence-electron chi connectivity index (χ4n) is 0.950. The highest BCUT2D eigenvalue weighted by Crippen LogP contribution is 2.10. The normalized spacial score (nSPS) is 10.6. The summed E-state index contributed by atoms with van der Waals surface area (Å²) >= 11 is 0. The molecule has 0 bridgehead atoms. The molecule has 0 aliphatic heterocycles. The van der Waals surface area contributed by atoms with E-state index in [1.165, 1.54) is 0 Å². The van der Waals surface area contributed by atoms with Crippen molar-refractivity contribution < 1.29 is 9.84 Å². The molecule has 3 heteroatoms. The van der Waals surface area contributed by atoms with Crippen molar-refractivity contribution in [3.8, 4) is 5.75 Å². The minimum atomic E-state index is 0.0838. The third kappa shape index (κ3) is 3.25. The van der Waals surface area contributed by atoms with E-state index in [1.54, 1.807) is 13.3 Å². The van der Waals surface area contributed by atoms with E-state index in [9.17, 15) is 0 Å². The first-order valence-electron chi connectivity index (χ1n) is 4.11. The van der Waals surface area contributed by atoms with Crippen LogP contribution >= 0.6 is 0 Å². The Morgan fingerprint density at radius 3 is 3.08 bits per heavy atom. The monoisotopic (exact) mass is 179 g/mol. The molecule has 0 atom stereocenters. The molecule has 70 valence electrons. The number of benzene rings is 1. The zero-order chi connectivity index (χ0) is 9.52. The number of aliphatic hydroxyl groups is 1. The van der Waals surface area contributed by atoms with E-state index in [0.717, 1.165) is 11.3 Å². The third-order valence-corrected chi connectivity index (χ3v) is 1.56. The zero-order valence-corrected chi connectivity index (χ0v) is 7.60. The van der Waals surface area contributed by atoms with Gasteiger partial charge in [0, 0.05) is 6.21 Å². The molecule has 3 nitrogen and oxygen atoms in total. The number of aliphatic hydroxyl groups excluding tert-OH is 1. The van der Waals surface area contributed by atoms with Gasteiger partial charge in [-0.1, -0.05) is 12.1 Å². The van der Waals surface area contributed by atoms with Crippen LogP contribution in [0.25, 0.3) is 0 Å². The summed E-state index contributed by atoms with van der Waals surface area (Å²) in [6.07, 6.45) is 1.72. The fraction of sp³-hybridized carbons (Fsp3) is 0.300. The van der Waals surface area contributed by atoms with Crippen molar-refractivity contribution in [2.45, 2.75) is 0 Å². The molecule has 1 aromatic carbocycles. The van der Waals surface area contributed by atoms with Gasteiger partial charge in [-0.2, -0.15) is 0 Å². The Labute approximate surface area is 77.7 Å². The highest BCUT2D eigenvalue weighted by molar-refractivity contribution is 5.80. The van der Waals surface area contributed by atoms with Crippen LogP contribution in [-0.4, -0.2) is 31.6 Å². The number of hydrogen-bond acceptors (Lipinski definition) is 3. The number of methoxy groups -OCH3 is 1. The summed E-state index contributed by atoms with van der Waals surface area (Å²) in [4.78, 5) is 4.00. The molecule has 0 amide bonds. The maximum absolute atomic E-state index is 8.51. The second kappa shape index (κ2) is 5.32. The summed E-state index contributed by atoms with van der Waals surface area (Å²) in [7, 11) is 1.63. The molecule has 0 fully saturated rings. The Hall–Kier alpha value is -1.35. The molecule has 1 aromatic rings. The molecule has 1 N–H and O–H groups in total. The second-order valence-corrected chi connectivity index (χ2v) is 2.54. The van der Waals surface area contributed by atoms with Crippen LogP contribution in [0.3, 0.4) is 0 Å². The molecule has 0 aromatic heterocycles. The summed E-state index contributed by atoms with van der Waals surface area (Å²) in [5.41, 5.74) is 0.979. The van der Waals surface area contributed by atoms with Gasteiger partial charge in [0.1, 0.15) is 5.75 Å². The summed E-state index contributed by atoms with van der Waals surface area (Å²) in [5, 5.41) is 8.51. The molecule has 0 aliphatic carbocycles. The molecule has 13 heavy (non-hydrogen) atoms. The van der Waals surface area contributed by atoms with Gasteiger partial charge in [0.2, 0.25) is 0 Å². The minimum absolute atomic E-state index is 0.0838. The molecule has 0 radical (unpaired) electrons. The Kier molecular flexibility index (Phi) is 3.99. The lowest BCUT2D eigenvalue weighted by molar-refractivity contribution is 0.307. The van der Waals surface area contributed by atoms with Crippen molar-refractivity contribution in [2.75, 3.05) is 20.3 Å². The predicted molar refractivity (Wildman–Crippen MR) is 52.5 cm³/mol. The maximum atomic E-state index is 8.51. The topological polar surface area (TPSA) is 41.8 Å². The largest absolute Gasteiger partial charge is 0.497 e. The quantitative estimate of drug-likeness (QED) is 0.703. The van der Waals surface area contributed by atoms with Crippen molar-refractivity contribution in [2.24, 2.45) is 4.99 Å². The fourth-order valence-corrected chi connectivity index (χ4v) is 0.950. The predicted octanol–water partition coefficient (Wildman–Crippen LogP) is 1.11. The van der Waals surface area contributed by atoms with Gasteiger partial charge in [-0.05, 0) is 17.7 Å². The van der Waals surface area contributed by atoms with Crippen LogP contribution in [0.4, 0.5) is 0 Å².